The number of H-pyrrole nitrogens is 1. The maximum absolute atomic E-state index is 13.4. The van der Waals surface area contributed by atoms with Crippen LogP contribution in [0, 0.1) is 11.3 Å². The fraction of sp³-hybridized carbons (Fsp3) is 0.522. The Morgan fingerprint density at radius 3 is 2.77 bits per heavy atom. The molecule has 1 aliphatic heterocycles. The minimum absolute atomic E-state index is 0.0184. The number of hydrogen-bond acceptors (Lipinski definition) is 7. The Kier molecular flexibility index (Phi) is 7.07. The smallest absolute Gasteiger partial charge is 0.355 e. The van der Waals surface area contributed by atoms with Crippen LogP contribution >= 0.6 is 0 Å². The molecule has 0 saturated carbocycles. The van der Waals surface area contributed by atoms with Crippen molar-refractivity contribution in [3.05, 3.63) is 51.1 Å². The molecule has 3 heterocycles. The molecule has 1 aliphatic carbocycles. The Labute approximate surface area is 200 Å². The van der Waals surface area contributed by atoms with Gasteiger partial charge in [-0.1, -0.05) is 0 Å². The minimum atomic E-state index is -4.74. The molecule has 35 heavy (non-hydrogen) atoms. The monoisotopic (exact) mass is 489 g/mol. The molecule has 1 N–H and O–H groups in total. The number of carbonyl (C=O) groups is 1. The standard InChI is InChI=1S/C23H26F3N7O2/c1-31(17-5-4-16-20(23(24,25)26)22(35)30-29-21(16)17)10-7-19(34)33-9-2-8-32(11-12-33)18-6-3-15(13-27)14-28-18/h3,6,14,17H,2,4-5,7-12H2,1H3,(H,30,35). The van der Waals surface area contributed by atoms with Crippen LogP contribution in [0.1, 0.15) is 47.7 Å². The Morgan fingerprint density at radius 2 is 2.09 bits per heavy atom. The van der Waals surface area contributed by atoms with Gasteiger partial charge in [-0.25, -0.2) is 10.1 Å². The maximum atomic E-state index is 13.4. The number of fused-ring (bicyclic) bond motifs is 1. The molecule has 12 heteroatoms. The van der Waals surface area contributed by atoms with Crippen molar-refractivity contribution in [1.82, 2.24) is 25.0 Å². The molecule has 2 aromatic rings. The lowest BCUT2D eigenvalue weighted by atomic mass is 10.1. The van der Waals surface area contributed by atoms with Gasteiger partial charge in [-0.15, -0.1) is 0 Å². The number of aromatic nitrogens is 3. The second kappa shape index (κ2) is 10.0. The maximum Gasteiger partial charge on any atom is 0.422 e. The summed E-state index contributed by atoms with van der Waals surface area (Å²) in [6, 6.07) is 5.17. The summed E-state index contributed by atoms with van der Waals surface area (Å²) in [5, 5.41) is 14.8. The Morgan fingerprint density at radius 1 is 1.29 bits per heavy atom. The number of nitrogens with one attached hydrogen (secondary N) is 1. The van der Waals surface area contributed by atoms with Crippen LogP contribution in [-0.2, 0) is 17.4 Å². The van der Waals surface area contributed by atoms with Crippen LogP contribution in [-0.4, -0.2) is 70.7 Å². The lowest BCUT2D eigenvalue weighted by Crippen LogP contribution is -2.37. The molecule has 2 aromatic heterocycles. The summed E-state index contributed by atoms with van der Waals surface area (Å²) in [7, 11) is 1.76. The Bertz CT molecular complexity index is 1170. The molecule has 0 bridgehead atoms. The highest BCUT2D eigenvalue weighted by atomic mass is 19.4. The SMILES string of the molecule is CN(CCC(=O)N1CCCN(c2ccc(C#N)cn2)CC1)C1CCc2c1n[nH]c(=O)c2C(F)(F)F. The number of hydrogen-bond donors (Lipinski definition) is 1. The third-order valence-electron chi connectivity index (χ3n) is 6.64. The van der Waals surface area contributed by atoms with E-state index in [1.807, 2.05) is 16.1 Å². The van der Waals surface area contributed by atoms with Gasteiger partial charge in [0.1, 0.15) is 17.5 Å². The van der Waals surface area contributed by atoms with Crippen LogP contribution in [0.4, 0.5) is 19.0 Å². The van der Waals surface area contributed by atoms with Crippen molar-refractivity contribution in [3.63, 3.8) is 0 Å². The van der Waals surface area contributed by atoms with Gasteiger partial charge >= 0.3 is 6.18 Å². The Balaban J connectivity index is 1.34. The van der Waals surface area contributed by atoms with Gasteiger partial charge in [0, 0.05) is 45.3 Å². The summed E-state index contributed by atoms with van der Waals surface area (Å²) in [5.74, 6) is 0.747. The molecule has 2 aliphatic rings. The number of anilines is 1. The molecule has 0 spiro atoms. The van der Waals surface area contributed by atoms with E-state index in [-0.39, 0.29) is 30.0 Å². The van der Waals surface area contributed by atoms with E-state index >= 15 is 0 Å². The van der Waals surface area contributed by atoms with Crippen molar-refractivity contribution in [3.8, 4) is 6.07 Å². The molecular formula is C23H26F3N7O2. The number of carbonyl (C=O) groups excluding carboxylic acids is 1. The number of amides is 1. The molecular weight excluding hydrogens is 463 g/mol. The van der Waals surface area contributed by atoms with Crippen molar-refractivity contribution in [2.24, 2.45) is 0 Å². The van der Waals surface area contributed by atoms with Crippen molar-refractivity contribution >= 4 is 11.7 Å². The number of alkyl halides is 3. The van der Waals surface area contributed by atoms with Crippen LogP contribution in [0.25, 0.3) is 0 Å². The lowest BCUT2D eigenvalue weighted by molar-refractivity contribution is -0.139. The van der Waals surface area contributed by atoms with Gasteiger partial charge in [-0.05, 0) is 44.0 Å². The van der Waals surface area contributed by atoms with Crippen LogP contribution in [0.3, 0.4) is 0 Å². The molecule has 1 amide bonds. The molecule has 1 saturated heterocycles. The van der Waals surface area contributed by atoms with Gasteiger partial charge in [-0.2, -0.15) is 23.5 Å². The molecule has 9 nitrogen and oxygen atoms in total. The zero-order valence-electron chi connectivity index (χ0n) is 19.3. The fourth-order valence-corrected chi connectivity index (χ4v) is 4.80. The number of halogens is 3. The largest absolute Gasteiger partial charge is 0.422 e. The topological polar surface area (TPSA) is 109 Å². The lowest BCUT2D eigenvalue weighted by Gasteiger charge is -2.26. The number of nitriles is 1. The van der Waals surface area contributed by atoms with Crippen molar-refractivity contribution in [2.75, 3.05) is 44.7 Å². The van der Waals surface area contributed by atoms with Gasteiger partial charge < -0.3 is 9.80 Å². The van der Waals surface area contributed by atoms with Gasteiger partial charge in [0.05, 0.1) is 17.3 Å². The number of aromatic amines is 1. The number of nitrogens with zero attached hydrogens (tertiary/aromatic N) is 6. The fourth-order valence-electron chi connectivity index (χ4n) is 4.80. The normalized spacial score (nSPS) is 18.3. The van der Waals surface area contributed by atoms with Crippen molar-refractivity contribution in [1.29, 1.82) is 5.26 Å². The Hall–Kier alpha value is -3.46. The van der Waals surface area contributed by atoms with Crippen molar-refractivity contribution in [2.45, 2.75) is 37.9 Å². The van der Waals surface area contributed by atoms with Crippen LogP contribution in [0.15, 0.2) is 23.1 Å². The molecule has 1 unspecified atom stereocenters. The average Bonchev–Trinajstić information content (AvgIpc) is 3.09. The van der Waals surface area contributed by atoms with Gasteiger partial charge in [0.2, 0.25) is 5.91 Å². The summed E-state index contributed by atoms with van der Waals surface area (Å²) in [5.41, 5.74) is -1.72. The molecule has 186 valence electrons. The van der Waals surface area contributed by atoms with Crippen LogP contribution in [0.5, 0.6) is 0 Å². The molecule has 1 fully saturated rings. The van der Waals surface area contributed by atoms with E-state index in [9.17, 15) is 22.8 Å². The molecule has 1 atom stereocenters. The highest BCUT2D eigenvalue weighted by molar-refractivity contribution is 5.76. The predicted octanol–water partition coefficient (Wildman–Crippen LogP) is 2.10. The predicted molar refractivity (Wildman–Crippen MR) is 121 cm³/mol. The summed E-state index contributed by atoms with van der Waals surface area (Å²) >= 11 is 0. The summed E-state index contributed by atoms with van der Waals surface area (Å²) in [6.45, 7) is 2.87. The first-order valence-electron chi connectivity index (χ1n) is 11.5. The van der Waals surface area contributed by atoms with Crippen LogP contribution < -0.4 is 10.5 Å². The highest BCUT2D eigenvalue weighted by Gasteiger charge is 2.42. The molecule has 0 aromatic carbocycles. The summed E-state index contributed by atoms with van der Waals surface area (Å²) < 4.78 is 40.1. The number of rotatable bonds is 5. The van der Waals surface area contributed by atoms with E-state index in [1.165, 1.54) is 6.20 Å². The van der Waals surface area contributed by atoms with Gasteiger partial charge in [0.25, 0.3) is 5.56 Å². The third-order valence-corrected chi connectivity index (χ3v) is 6.64. The summed E-state index contributed by atoms with van der Waals surface area (Å²) in [4.78, 5) is 34.7. The number of pyridine rings is 1. The average molecular weight is 490 g/mol. The van der Waals surface area contributed by atoms with Gasteiger partial charge in [-0.3, -0.25) is 14.5 Å². The van der Waals surface area contributed by atoms with E-state index in [1.54, 1.807) is 24.1 Å². The summed E-state index contributed by atoms with van der Waals surface area (Å²) in [6.07, 6.45) is -1.68. The van der Waals surface area contributed by atoms with Gasteiger partial charge in [0.15, 0.2) is 0 Å². The molecule has 0 radical (unpaired) electrons. The van der Waals surface area contributed by atoms with Crippen molar-refractivity contribution < 1.29 is 18.0 Å². The highest BCUT2D eigenvalue weighted by Crippen LogP contribution is 2.39. The molecule has 4 rings (SSSR count). The van der Waals surface area contributed by atoms with E-state index in [4.69, 9.17) is 5.26 Å². The second-order valence-electron chi connectivity index (χ2n) is 8.81. The van der Waals surface area contributed by atoms with Crippen LogP contribution in [0.2, 0.25) is 0 Å². The van der Waals surface area contributed by atoms with E-state index in [0.29, 0.717) is 38.2 Å². The first-order valence-corrected chi connectivity index (χ1v) is 11.5. The minimum Gasteiger partial charge on any atom is -0.355 e. The first kappa shape index (κ1) is 24.7. The quantitative estimate of drug-likeness (QED) is 0.685. The third kappa shape index (κ3) is 5.30. The van der Waals surface area contributed by atoms with E-state index in [2.05, 4.69) is 15.0 Å². The zero-order valence-corrected chi connectivity index (χ0v) is 19.3. The zero-order chi connectivity index (χ0) is 25.2. The second-order valence-corrected chi connectivity index (χ2v) is 8.81. The van der Waals surface area contributed by atoms with E-state index < -0.39 is 23.3 Å². The first-order chi connectivity index (χ1) is 16.7. The van der Waals surface area contributed by atoms with E-state index in [0.717, 1.165) is 18.8 Å².